The molecule has 5 nitrogen and oxygen atoms in total. The molecule has 0 unspecified atom stereocenters. The molecule has 0 bridgehead atoms. The van der Waals surface area contributed by atoms with Crippen molar-refractivity contribution in [3.63, 3.8) is 0 Å². The minimum atomic E-state index is -0.119. The van der Waals surface area contributed by atoms with Crippen LogP contribution in [0, 0.1) is 5.92 Å². The Hall–Kier alpha value is -1.49. The highest BCUT2D eigenvalue weighted by Gasteiger charge is 2.34. The third kappa shape index (κ3) is 2.47. The minimum absolute atomic E-state index is 0.119. The molecular weight excluding hydrogens is 240 g/mol. The van der Waals surface area contributed by atoms with Gasteiger partial charge in [0.2, 0.25) is 11.9 Å². The first-order valence-electron chi connectivity index (χ1n) is 6.96. The largest absolute Gasteiger partial charge is 0.303 e. The van der Waals surface area contributed by atoms with Crippen LogP contribution < -0.4 is 5.32 Å². The Morgan fingerprint density at radius 3 is 3.11 bits per heavy atom. The number of carbonyl (C=O) groups is 1. The van der Waals surface area contributed by atoms with Crippen molar-refractivity contribution in [1.29, 1.82) is 0 Å². The zero-order chi connectivity index (χ0) is 13.4. The summed E-state index contributed by atoms with van der Waals surface area (Å²) in [5, 5.41) is 2.66. The van der Waals surface area contributed by atoms with Crippen molar-refractivity contribution in [2.24, 2.45) is 5.92 Å². The van der Waals surface area contributed by atoms with E-state index in [2.05, 4.69) is 27.2 Å². The summed E-state index contributed by atoms with van der Waals surface area (Å²) in [7, 11) is 2.22. The molecule has 0 spiro atoms. The lowest BCUT2D eigenvalue weighted by molar-refractivity contribution is -0.114. The fourth-order valence-corrected chi connectivity index (χ4v) is 3.36. The molecule has 2 heterocycles. The van der Waals surface area contributed by atoms with Crippen LogP contribution in [0.15, 0.2) is 6.20 Å². The molecule has 3 rings (SSSR count). The minimum Gasteiger partial charge on any atom is -0.303 e. The van der Waals surface area contributed by atoms with Crippen molar-refractivity contribution < 1.29 is 4.79 Å². The number of nitrogens with one attached hydrogen (secondary N) is 1. The van der Waals surface area contributed by atoms with Gasteiger partial charge in [0.25, 0.3) is 0 Å². The molecular formula is C14H20N4O. The second-order valence-electron chi connectivity index (χ2n) is 5.71. The van der Waals surface area contributed by atoms with Gasteiger partial charge in [-0.1, -0.05) is 0 Å². The van der Waals surface area contributed by atoms with Crippen LogP contribution in [0.1, 0.15) is 31.0 Å². The van der Waals surface area contributed by atoms with E-state index in [9.17, 15) is 4.79 Å². The molecule has 1 aromatic rings. The van der Waals surface area contributed by atoms with Crippen molar-refractivity contribution in [3.8, 4) is 0 Å². The zero-order valence-corrected chi connectivity index (χ0v) is 11.5. The number of anilines is 1. The van der Waals surface area contributed by atoms with Crippen LogP contribution in [0.25, 0.3) is 0 Å². The topological polar surface area (TPSA) is 58.1 Å². The Labute approximate surface area is 113 Å². The molecule has 1 amide bonds. The number of aromatic nitrogens is 2. The summed E-state index contributed by atoms with van der Waals surface area (Å²) in [6, 6.07) is 0.636. The molecule has 1 N–H and O–H groups in total. The van der Waals surface area contributed by atoms with Crippen LogP contribution in [0.3, 0.4) is 0 Å². The Bertz CT molecular complexity index is 502. The predicted octanol–water partition coefficient (Wildman–Crippen LogP) is 1.24. The summed E-state index contributed by atoms with van der Waals surface area (Å²) < 4.78 is 0. The smallest absolute Gasteiger partial charge is 0.229 e. The zero-order valence-electron chi connectivity index (χ0n) is 11.5. The van der Waals surface area contributed by atoms with E-state index in [1.54, 1.807) is 0 Å². The number of hydrogen-bond donors (Lipinski definition) is 1. The first-order valence-corrected chi connectivity index (χ1v) is 6.96. The molecule has 1 aliphatic carbocycles. The Kier molecular flexibility index (Phi) is 3.22. The molecule has 0 saturated carbocycles. The summed E-state index contributed by atoms with van der Waals surface area (Å²) in [6.07, 6.45) is 6.49. The number of amides is 1. The normalized spacial score (nSPS) is 26.4. The molecule has 19 heavy (non-hydrogen) atoms. The van der Waals surface area contributed by atoms with E-state index in [-0.39, 0.29) is 5.91 Å². The van der Waals surface area contributed by atoms with Crippen LogP contribution in [-0.2, 0) is 17.6 Å². The van der Waals surface area contributed by atoms with Crippen molar-refractivity contribution in [3.05, 3.63) is 17.5 Å². The maximum Gasteiger partial charge on any atom is 0.229 e. The number of nitrogens with zero attached hydrogens (tertiary/aromatic N) is 3. The van der Waals surface area contributed by atoms with Gasteiger partial charge in [0.05, 0.1) is 0 Å². The third-order valence-electron chi connectivity index (χ3n) is 4.32. The number of likely N-dealkylation sites (tertiary alicyclic amines) is 1. The lowest BCUT2D eigenvalue weighted by Crippen LogP contribution is -2.47. The quantitative estimate of drug-likeness (QED) is 0.825. The lowest BCUT2D eigenvalue weighted by Gasteiger charge is -2.42. The van der Waals surface area contributed by atoms with E-state index in [0.717, 1.165) is 18.5 Å². The standard InChI is InChI=1S/C14H20N4O/c1-9(19)16-14-15-8-11-7-13-10(6-12(11)17-14)4-3-5-18(13)2/h8,10,13H,3-7H2,1-2H3,(H,15,16,17,19)/t10-,13-/m1/s1. The number of hydrogen-bond acceptors (Lipinski definition) is 4. The molecule has 0 aromatic carbocycles. The molecule has 1 fully saturated rings. The molecule has 102 valence electrons. The number of carbonyl (C=O) groups excluding carboxylic acids is 1. The van der Waals surface area contributed by atoms with Crippen LogP contribution in [0.5, 0.6) is 0 Å². The highest BCUT2D eigenvalue weighted by atomic mass is 16.1. The average Bonchev–Trinajstić information content (AvgIpc) is 2.36. The van der Waals surface area contributed by atoms with Crippen molar-refractivity contribution in [1.82, 2.24) is 14.9 Å². The molecule has 2 aliphatic rings. The molecule has 1 saturated heterocycles. The van der Waals surface area contributed by atoms with E-state index in [0.29, 0.717) is 17.9 Å². The van der Waals surface area contributed by atoms with E-state index in [4.69, 9.17) is 0 Å². The maximum atomic E-state index is 11.1. The SMILES string of the molecule is CC(=O)Nc1ncc2c(n1)C[C@H]1CCCN(C)[C@@H]1C2. The van der Waals surface area contributed by atoms with Gasteiger partial charge >= 0.3 is 0 Å². The lowest BCUT2D eigenvalue weighted by atomic mass is 9.77. The van der Waals surface area contributed by atoms with Gasteiger partial charge in [-0.2, -0.15) is 0 Å². The van der Waals surface area contributed by atoms with Crippen LogP contribution in [-0.4, -0.2) is 40.4 Å². The van der Waals surface area contributed by atoms with Gasteiger partial charge in [0.15, 0.2) is 0 Å². The van der Waals surface area contributed by atoms with Gasteiger partial charge in [-0.15, -0.1) is 0 Å². The molecule has 5 heteroatoms. The molecule has 2 atom stereocenters. The molecule has 0 radical (unpaired) electrons. The summed E-state index contributed by atoms with van der Waals surface area (Å²) in [4.78, 5) is 22.3. The van der Waals surface area contributed by atoms with Gasteiger partial charge in [0, 0.05) is 24.9 Å². The van der Waals surface area contributed by atoms with Gasteiger partial charge in [-0.25, -0.2) is 9.97 Å². The predicted molar refractivity (Wildman–Crippen MR) is 72.9 cm³/mol. The number of piperidine rings is 1. The second kappa shape index (κ2) is 4.89. The van der Waals surface area contributed by atoms with E-state index >= 15 is 0 Å². The highest BCUT2D eigenvalue weighted by Crippen LogP contribution is 2.33. The number of likely N-dealkylation sites (N-methyl/N-ethyl adjacent to an activating group) is 1. The monoisotopic (exact) mass is 260 g/mol. The van der Waals surface area contributed by atoms with Gasteiger partial charge in [-0.3, -0.25) is 10.1 Å². The van der Waals surface area contributed by atoms with Crippen LogP contribution in [0.4, 0.5) is 5.95 Å². The summed E-state index contributed by atoms with van der Waals surface area (Å²) in [5.74, 6) is 1.02. The van der Waals surface area contributed by atoms with Crippen molar-refractivity contribution in [2.75, 3.05) is 18.9 Å². The van der Waals surface area contributed by atoms with E-state index in [1.807, 2.05) is 6.20 Å². The fraction of sp³-hybridized carbons (Fsp3) is 0.643. The van der Waals surface area contributed by atoms with Crippen LogP contribution in [0.2, 0.25) is 0 Å². The Morgan fingerprint density at radius 2 is 2.32 bits per heavy atom. The summed E-state index contributed by atoms with van der Waals surface area (Å²) in [6.45, 7) is 2.68. The molecule has 1 aliphatic heterocycles. The Morgan fingerprint density at radius 1 is 1.47 bits per heavy atom. The number of fused-ring (bicyclic) bond motifs is 2. The summed E-state index contributed by atoms with van der Waals surface area (Å²) >= 11 is 0. The van der Waals surface area contributed by atoms with Crippen molar-refractivity contribution >= 4 is 11.9 Å². The van der Waals surface area contributed by atoms with Crippen LogP contribution >= 0.6 is 0 Å². The summed E-state index contributed by atoms with van der Waals surface area (Å²) in [5.41, 5.74) is 2.36. The van der Waals surface area contributed by atoms with E-state index in [1.165, 1.54) is 31.9 Å². The number of rotatable bonds is 1. The fourth-order valence-electron chi connectivity index (χ4n) is 3.36. The van der Waals surface area contributed by atoms with Gasteiger partial charge in [0.1, 0.15) is 0 Å². The van der Waals surface area contributed by atoms with Gasteiger partial charge in [-0.05, 0) is 50.8 Å². The third-order valence-corrected chi connectivity index (χ3v) is 4.32. The molecule has 1 aromatic heterocycles. The maximum absolute atomic E-state index is 11.1. The van der Waals surface area contributed by atoms with Gasteiger partial charge < -0.3 is 4.90 Å². The second-order valence-corrected chi connectivity index (χ2v) is 5.71. The van der Waals surface area contributed by atoms with Crippen molar-refractivity contribution in [2.45, 2.75) is 38.6 Å². The Balaban J connectivity index is 1.85. The highest BCUT2D eigenvalue weighted by molar-refractivity contribution is 5.86. The van der Waals surface area contributed by atoms with E-state index < -0.39 is 0 Å². The average molecular weight is 260 g/mol. The first-order chi connectivity index (χ1) is 9.13. The first kappa shape index (κ1) is 12.5.